The van der Waals surface area contributed by atoms with Crippen LogP contribution in [-0.4, -0.2) is 11.7 Å². The van der Waals surface area contributed by atoms with Gasteiger partial charge in [-0.1, -0.05) is 30.3 Å². The van der Waals surface area contributed by atoms with Crippen LogP contribution in [0, 0.1) is 17.1 Å². The number of nitrogens with zero attached hydrogens (tertiary/aromatic N) is 1. The molecule has 2 aromatic carbocycles. The van der Waals surface area contributed by atoms with Crippen LogP contribution in [0.2, 0.25) is 0 Å². The van der Waals surface area contributed by atoms with E-state index in [1.807, 2.05) is 36.4 Å². The van der Waals surface area contributed by atoms with Gasteiger partial charge in [-0.3, -0.25) is 0 Å². The highest BCUT2D eigenvalue weighted by atomic mass is 19.1. The van der Waals surface area contributed by atoms with Gasteiger partial charge >= 0.3 is 0 Å². The molecule has 0 radical (unpaired) electrons. The van der Waals surface area contributed by atoms with Gasteiger partial charge < -0.3 is 10.4 Å². The van der Waals surface area contributed by atoms with Crippen molar-refractivity contribution < 1.29 is 9.50 Å². The van der Waals surface area contributed by atoms with Crippen molar-refractivity contribution in [2.45, 2.75) is 19.0 Å². The summed E-state index contributed by atoms with van der Waals surface area (Å²) >= 11 is 0. The highest BCUT2D eigenvalue weighted by Crippen LogP contribution is 2.18. The largest absolute Gasteiger partial charge is 0.396 e. The third-order valence-electron chi connectivity index (χ3n) is 3.33. The van der Waals surface area contributed by atoms with E-state index in [4.69, 9.17) is 5.26 Å². The van der Waals surface area contributed by atoms with Gasteiger partial charge in [0, 0.05) is 24.8 Å². The topological polar surface area (TPSA) is 56.0 Å². The van der Waals surface area contributed by atoms with Crippen LogP contribution in [0.5, 0.6) is 0 Å². The second-order valence-corrected chi connectivity index (χ2v) is 4.77. The Balaban J connectivity index is 2.11. The van der Waals surface area contributed by atoms with Gasteiger partial charge in [0.2, 0.25) is 0 Å². The predicted octanol–water partition coefficient (Wildman–Crippen LogP) is 2.91. The maximum absolute atomic E-state index is 13.7. The fraction of sp³-hybridized carbons (Fsp3) is 0.235. The Labute approximate surface area is 123 Å². The number of halogens is 1. The fourth-order valence-electron chi connectivity index (χ4n) is 2.21. The number of rotatable bonds is 6. The van der Waals surface area contributed by atoms with Crippen molar-refractivity contribution in [2.75, 3.05) is 6.61 Å². The van der Waals surface area contributed by atoms with Crippen molar-refractivity contribution in [3.05, 3.63) is 71.0 Å². The van der Waals surface area contributed by atoms with E-state index in [0.29, 0.717) is 24.1 Å². The maximum Gasteiger partial charge on any atom is 0.127 e. The SMILES string of the molecule is N#Cc1ccc(F)c(CNC(CCO)c2ccccc2)c1. The molecule has 4 heteroatoms. The third-order valence-corrected chi connectivity index (χ3v) is 3.33. The number of benzene rings is 2. The van der Waals surface area contributed by atoms with E-state index in [9.17, 15) is 9.50 Å². The van der Waals surface area contributed by atoms with Crippen LogP contribution < -0.4 is 5.32 Å². The molecule has 3 nitrogen and oxygen atoms in total. The summed E-state index contributed by atoms with van der Waals surface area (Å²) in [4.78, 5) is 0. The summed E-state index contributed by atoms with van der Waals surface area (Å²) in [5.74, 6) is -0.336. The molecule has 108 valence electrons. The quantitative estimate of drug-likeness (QED) is 0.857. The van der Waals surface area contributed by atoms with Crippen molar-refractivity contribution in [3.63, 3.8) is 0 Å². The highest BCUT2D eigenvalue weighted by Gasteiger charge is 2.11. The molecule has 0 aromatic heterocycles. The third kappa shape index (κ3) is 4.12. The smallest absolute Gasteiger partial charge is 0.127 e. The zero-order valence-electron chi connectivity index (χ0n) is 11.6. The molecule has 0 aliphatic rings. The van der Waals surface area contributed by atoms with Crippen molar-refractivity contribution in [3.8, 4) is 6.07 Å². The Hall–Kier alpha value is -2.22. The van der Waals surface area contributed by atoms with E-state index >= 15 is 0 Å². The molecule has 2 rings (SSSR count). The summed E-state index contributed by atoms with van der Waals surface area (Å²) in [7, 11) is 0. The Kier molecular flexibility index (Phi) is 5.44. The average Bonchev–Trinajstić information content (AvgIpc) is 2.53. The van der Waals surface area contributed by atoms with E-state index in [-0.39, 0.29) is 18.5 Å². The van der Waals surface area contributed by atoms with Gasteiger partial charge in [0.1, 0.15) is 5.82 Å². The number of aliphatic hydroxyl groups excluding tert-OH is 1. The van der Waals surface area contributed by atoms with E-state index in [1.54, 1.807) is 6.07 Å². The molecule has 0 heterocycles. The summed E-state index contributed by atoms with van der Waals surface area (Å²) in [5, 5.41) is 21.3. The lowest BCUT2D eigenvalue weighted by Crippen LogP contribution is -2.22. The summed E-state index contributed by atoms with van der Waals surface area (Å²) in [6.45, 7) is 0.355. The molecule has 1 atom stereocenters. The molecule has 1 unspecified atom stereocenters. The second kappa shape index (κ2) is 7.53. The molecule has 0 saturated heterocycles. The van der Waals surface area contributed by atoms with Crippen LogP contribution in [0.15, 0.2) is 48.5 Å². The molecule has 0 amide bonds. The minimum absolute atomic E-state index is 0.0489. The van der Waals surface area contributed by atoms with Crippen molar-refractivity contribution in [1.82, 2.24) is 5.32 Å². The van der Waals surface area contributed by atoms with Crippen LogP contribution in [-0.2, 0) is 6.54 Å². The summed E-state index contributed by atoms with van der Waals surface area (Å²) in [6, 6.07) is 16.0. The number of nitriles is 1. The van der Waals surface area contributed by atoms with Gasteiger partial charge in [0.15, 0.2) is 0 Å². The Morgan fingerprint density at radius 3 is 2.62 bits per heavy atom. The van der Waals surface area contributed by atoms with Gasteiger partial charge in [-0.25, -0.2) is 4.39 Å². The molecule has 0 aliphatic heterocycles. The van der Waals surface area contributed by atoms with Crippen molar-refractivity contribution >= 4 is 0 Å². The zero-order chi connectivity index (χ0) is 15.1. The molecule has 0 fully saturated rings. The number of hydrogen-bond donors (Lipinski definition) is 2. The van der Waals surface area contributed by atoms with Gasteiger partial charge in [-0.2, -0.15) is 5.26 Å². The number of aliphatic hydroxyl groups is 1. The van der Waals surface area contributed by atoms with E-state index in [2.05, 4.69) is 5.32 Å². The summed E-state index contributed by atoms with van der Waals surface area (Å²) in [6.07, 6.45) is 0.545. The Morgan fingerprint density at radius 2 is 1.95 bits per heavy atom. The molecule has 0 saturated carbocycles. The molecule has 0 spiro atoms. The summed E-state index contributed by atoms with van der Waals surface area (Å²) < 4.78 is 13.7. The van der Waals surface area contributed by atoms with E-state index < -0.39 is 0 Å². The molecule has 2 aromatic rings. The van der Waals surface area contributed by atoms with Crippen LogP contribution in [0.3, 0.4) is 0 Å². The average molecular weight is 284 g/mol. The second-order valence-electron chi connectivity index (χ2n) is 4.77. The molecule has 0 aliphatic carbocycles. The first-order valence-corrected chi connectivity index (χ1v) is 6.82. The minimum atomic E-state index is -0.336. The van der Waals surface area contributed by atoms with Gasteiger partial charge in [-0.05, 0) is 30.2 Å². The van der Waals surface area contributed by atoms with Gasteiger partial charge in [0.05, 0.1) is 11.6 Å². The predicted molar refractivity (Wildman–Crippen MR) is 78.8 cm³/mol. The van der Waals surface area contributed by atoms with Crippen LogP contribution >= 0.6 is 0 Å². The Morgan fingerprint density at radius 1 is 1.19 bits per heavy atom. The lowest BCUT2D eigenvalue weighted by atomic mass is 10.0. The number of nitrogens with one attached hydrogen (secondary N) is 1. The van der Waals surface area contributed by atoms with Gasteiger partial charge in [-0.15, -0.1) is 0 Å². The molecule has 0 bridgehead atoms. The molecular formula is C17H17FN2O. The van der Waals surface area contributed by atoms with Crippen LogP contribution in [0.1, 0.15) is 29.2 Å². The number of hydrogen-bond acceptors (Lipinski definition) is 3. The lowest BCUT2D eigenvalue weighted by Gasteiger charge is -2.18. The normalized spacial score (nSPS) is 11.9. The molecule has 21 heavy (non-hydrogen) atoms. The summed E-state index contributed by atoms with van der Waals surface area (Å²) in [5.41, 5.74) is 1.93. The van der Waals surface area contributed by atoms with Crippen LogP contribution in [0.4, 0.5) is 4.39 Å². The Bertz CT molecular complexity index is 622. The fourth-order valence-corrected chi connectivity index (χ4v) is 2.21. The zero-order valence-corrected chi connectivity index (χ0v) is 11.6. The minimum Gasteiger partial charge on any atom is -0.396 e. The highest BCUT2D eigenvalue weighted by molar-refractivity contribution is 5.33. The van der Waals surface area contributed by atoms with Crippen molar-refractivity contribution in [2.24, 2.45) is 0 Å². The first kappa shape index (κ1) is 15.2. The first-order valence-electron chi connectivity index (χ1n) is 6.82. The van der Waals surface area contributed by atoms with Gasteiger partial charge in [0.25, 0.3) is 0 Å². The molecule has 2 N–H and O–H groups in total. The first-order chi connectivity index (χ1) is 10.2. The van der Waals surface area contributed by atoms with Crippen LogP contribution in [0.25, 0.3) is 0 Å². The standard InChI is InChI=1S/C17H17FN2O/c18-16-7-6-13(11-19)10-15(16)12-20-17(8-9-21)14-4-2-1-3-5-14/h1-7,10,17,20-21H,8-9,12H2. The van der Waals surface area contributed by atoms with E-state index in [0.717, 1.165) is 5.56 Å². The lowest BCUT2D eigenvalue weighted by molar-refractivity contribution is 0.265. The maximum atomic E-state index is 13.7. The van der Waals surface area contributed by atoms with Crippen molar-refractivity contribution in [1.29, 1.82) is 5.26 Å². The van der Waals surface area contributed by atoms with E-state index in [1.165, 1.54) is 12.1 Å². The monoisotopic (exact) mass is 284 g/mol. The molecular weight excluding hydrogens is 267 g/mol.